The summed E-state index contributed by atoms with van der Waals surface area (Å²) < 4.78 is 10.2. The van der Waals surface area contributed by atoms with Gasteiger partial charge in [0.25, 0.3) is 0 Å². The number of carbonyl (C=O) groups excluding carboxylic acids is 1. The van der Waals surface area contributed by atoms with Crippen LogP contribution in [0.25, 0.3) is 0 Å². The highest BCUT2D eigenvalue weighted by atomic mass is 16.6. The lowest BCUT2D eigenvalue weighted by Crippen LogP contribution is -2.28. The van der Waals surface area contributed by atoms with Crippen molar-refractivity contribution >= 4 is 17.5 Å². The average molecular weight is 344 g/mol. The highest BCUT2D eigenvalue weighted by Crippen LogP contribution is 2.33. The number of ether oxygens (including phenoxy) is 2. The third kappa shape index (κ3) is 4.11. The molecule has 7 heteroatoms. The fraction of sp³-hybridized carbons (Fsp3) is 0.444. The fourth-order valence-corrected chi connectivity index (χ4v) is 2.95. The van der Waals surface area contributed by atoms with Crippen molar-refractivity contribution in [1.29, 1.82) is 0 Å². The minimum Gasteiger partial charge on any atom is -0.449 e. The smallest absolute Gasteiger partial charge is 0.414 e. The van der Waals surface area contributed by atoms with Crippen molar-refractivity contribution in [3.63, 3.8) is 0 Å². The van der Waals surface area contributed by atoms with Gasteiger partial charge >= 0.3 is 6.09 Å². The standard InChI is InChI=1S/C18H24N4O3/c1-21(18(23)25-9-3-8-24-2)16-5-4-14-6-7-22(17(14)10-16)12-15-11-19-13-20-15/h4-5,10-11,13H,3,6-9,12H2,1-2H3,(H,19,20). The summed E-state index contributed by atoms with van der Waals surface area (Å²) in [6, 6.07) is 6.11. The summed E-state index contributed by atoms with van der Waals surface area (Å²) in [7, 11) is 3.36. The summed E-state index contributed by atoms with van der Waals surface area (Å²) in [5.74, 6) is 0. The quantitative estimate of drug-likeness (QED) is 0.782. The first kappa shape index (κ1) is 17.3. The van der Waals surface area contributed by atoms with E-state index < -0.39 is 0 Å². The van der Waals surface area contributed by atoms with Gasteiger partial charge in [-0.05, 0) is 24.1 Å². The molecule has 1 N–H and O–H groups in total. The second-order valence-corrected chi connectivity index (χ2v) is 6.08. The molecule has 0 atom stereocenters. The maximum Gasteiger partial charge on any atom is 0.414 e. The van der Waals surface area contributed by atoms with E-state index in [9.17, 15) is 4.79 Å². The van der Waals surface area contributed by atoms with E-state index in [0.717, 1.165) is 36.6 Å². The molecule has 1 aliphatic heterocycles. The van der Waals surface area contributed by atoms with Crippen LogP contribution in [0, 0.1) is 0 Å². The van der Waals surface area contributed by atoms with Crippen molar-refractivity contribution in [3.05, 3.63) is 42.0 Å². The first-order valence-corrected chi connectivity index (χ1v) is 8.43. The number of imidazole rings is 1. The molecule has 0 unspecified atom stereocenters. The van der Waals surface area contributed by atoms with E-state index in [0.29, 0.717) is 19.6 Å². The number of nitrogens with zero attached hydrogens (tertiary/aromatic N) is 3. The SMILES string of the molecule is COCCCOC(=O)N(C)c1ccc2c(c1)N(Cc1cnc[nH]1)CC2. The summed E-state index contributed by atoms with van der Waals surface area (Å²) >= 11 is 0. The summed E-state index contributed by atoms with van der Waals surface area (Å²) in [6.07, 6.45) is 4.88. The molecule has 1 aromatic heterocycles. The van der Waals surface area contributed by atoms with Crippen molar-refractivity contribution in [2.45, 2.75) is 19.4 Å². The molecule has 3 rings (SSSR count). The van der Waals surface area contributed by atoms with Gasteiger partial charge in [0.05, 0.1) is 25.2 Å². The van der Waals surface area contributed by atoms with Gasteiger partial charge in [0.15, 0.2) is 0 Å². The number of amides is 1. The lowest BCUT2D eigenvalue weighted by atomic mass is 10.1. The lowest BCUT2D eigenvalue weighted by molar-refractivity contribution is 0.130. The van der Waals surface area contributed by atoms with Gasteiger partial charge in [-0.25, -0.2) is 9.78 Å². The second-order valence-electron chi connectivity index (χ2n) is 6.08. The Morgan fingerprint density at radius 2 is 2.28 bits per heavy atom. The largest absolute Gasteiger partial charge is 0.449 e. The molecule has 0 bridgehead atoms. The number of aromatic amines is 1. The van der Waals surface area contributed by atoms with Crippen LogP contribution in [-0.2, 0) is 22.4 Å². The van der Waals surface area contributed by atoms with Gasteiger partial charge in [-0.15, -0.1) is 0 Å². The molecule has 134 valence electrons. The predicted molar refractivity (Wildman–Crippen MR) is 96.0 cm³/mol. The van der Waals surface area contributed by atoms with Gasteiger partial charge in [-0.1, -0.05) is 6.07 Å². The van der Waals surface area contributed by atoms with Crippen LogP contribution in [0.2, 0.25) is 0 Å². The van der Waals surface area contributed by atoms with Crippen LogP contribution in [-0.4, -0.2) is 50.0 Å². The van der Waals surface area contributed by atoms with E-state index in [1.54, 1.807) is 25.4 Å². The van der Waals surface area contributed by atoms with Gasteiger partial charge in [-0.2, -0.15) is 0 Å². The highest BCUT2D eigenvalue weighted by Gasteiger charge is 2.22. The zero-order valence-electron chi connectivity index (χ0n) is 14.7. The Balaban J connectivity index is 1.66. The molecule has 7 nitrogen and oxygen atoms in total. The second kappa shape index (κ2) is 8.02. The number of fused-ring (bicyclic) bond motifs is 1. The number of methoxy groups -OCH3 is 1. The lowest BCUT2D eigenvalue weighted by Gasteiger charge is -2.22. The minimum absolute atomic E-state index is 0.353. The average Bonchev–Trinajstić information content (AvgIpc) is 3.28. The Morgan fingerprint density at radius 3 is 3.04 bits per heavy atom. The number of benzene rings is 1. The Labute approximate surface area is 147 Å². The summed E-state index contributed by atoms with van der Waals surface area (Å²) in [5, 5.41) is 0. The van der Waals surface area contributed by atoms with Gasteiger partial charge in [-0.3, -0.25) is 4.90 Å². The van der Waals surface area contributed by atoms with Crippen LogP contribution in [0.5, 0.6) is 0 Å². The number of hydrogen-bond donors (Lipinski definition) is 1. The van der Waals surface area contributed by atoms with Crippen molar-refractivity contribution in [1.82, 2.24) is 9.97 Å². The Kier molecular flexibility index (Phi) is 5.55. The van der Waals surface area contributed by atoms with Gasteiger partial charge in [0.2, 0.25) is 0 Å². The van der Waals surface area contributed by atoms with E-state index in [1.807, 2.05) is 12.3 Å². The Bertz CT molecular complexity index is 702. The van der Waals surface area contributed by atoms with E-state index >= 15 is 0 Å². The van der Waals surface area contributed by atoms with Gasteiger partial charge < -0.3 is 19.4 Å². The third-order valence-electron chi connectivity index (χ3n) is 4.36. The zero-order chi connectivity index (χ0) is 17.6. The van der Waals surface area contributed by atoms with Crippen molar-refractivity contribution in [2.24, 2.45) is 0 Å². The molecule has 2 aromatic rings. The molecule has 0 fully saturated rings. The van der Waals surface area contributed by atoms with Crippen LogP contribution in [0.3, 0.4) is 0 Å². The fourth-order valence-electron chi connectivity index (χ4n) is 2.95. The molecule has 1 aromatic carbocycles. The van der Waals surface area contributed by atoms with E-state index in [1.165, 1.54) is 5.56 Å². The summed E-state index contributed by atoms with van der Waals surface area (Å²) in [6.45, 7) is 2.68. The molecule has 25 heavy (non-hydrogen) atoms. The molecule has 2 heterocycles. The number of aromatic nitrogens is 2. The normalized spacial score (nSPS) is 13.0. The first-order valence-electron chi connectivity index (χ1n) is 8.43. The molecule has 0 spiro atoms. The number of H-pyrrole nitrogens is 1. The van der Waals surface area contributed by atoms with E-state index in [-0.39, 0.29) is 6.09 Å². The van der Waals surface area contributed by atoms with Crippen molar-refractivity contribution in [3.8, 4) is 0 Å². The molecule has 0 saturated heterocycles. The zero-order valence-corrected chi connectivity index (χ0v) is 14.7. The number of rotatable bonds is 7. The molecular formula is C18H24N4O3. The topological polar surface area (TPSA) is 70.7 Å². The van der Waals surface area contributed by atoms with Crippen LogP contribution in [0.15, 0.2) is 30.7 Å². The van der Waals surface area contributed by atoms with E-state index in [4.69, 9.17) is 9.47 Å². The maximum absolute atomic E-state index is 12.2. The predicted octanol–water partition coefficient (Wildman–Crippen LogP) is 2.58. The third-order valence-corrected chi connectivity index (χ3v) is 4.36. The number of nitrogens with one attached hydrogen (secondary N) is 1. The molecular weight excluding hydrogens is 320 g/mol. The van der Waals surface area contributed by atoms with Crippen molar-refractivity contribution < 1.29 is 14.3 Å². The molecule has 0 radical (unpaired) electrons. The Morgan fingerprint density at radius 1 is 1.40 bits per heavy atom. The first-order chi connectivity index (χ1) is 12.2. The van der Waals surface area contributed by atoms with Crippen LogP contribution < -0.4 is 9.80 Å². The van der Waals surface area contributed by atoms with Crippen LogP contribution in [0.1, 0.15) is 17.7 Å². The number of carbonyl (C=O) groups is 1. The Hall–Kier alpha value is -2.54. The van der Waals surface area contributed by atoms with Crippen LogP contribution in [0.4, 0.5) is 16.2 Å². The molecule has 1 aliphatic rings. The number of hydrogen-bond acceptors (Lipinski definition) is 5. The molecule has 0 saturated carbocycles. The molecule has 0 aliphatic carbocycles. The number of anilines is 2. The summed E-state index contributed by atoms with van der Waals surface area (Å²) in [5.41, 5.74) is 4.35. The monoisotopic (exact) mass is 344 g/mol. The van der Waals surface area contributed by atoms with Gasteiger partial charge in [0, 0.05) is 51.3 Å². The van der Waals surface area contributed by atoms with E-state index in [2.05, 4.69) is 27.0 Å². The van der Waals surface area contributed by atoms with Crippen LogP contribution >= 0.6 is 0 Å². The summed E-state index contributed by atoms with van der Waals surface area (Å²) in [4.78, 5) is 23.2. The highest BCUT2D eigenvalue weighted by molar-refractivity contribution is 5.88. The van der Waals surface area contributed by atoms with Gasteiger partial charge in [0.1, 0.15) is 0 Å². The maximum atomic E-state index is 12.2. The van der Waals surface area contributed by atoms with Crippen molar-refractivity contribution in [2.75, 3.05) is 43.7 Å². The molecule has 1 amide bonds. The minimum atomic E-state index is -0.353.